The first-order valence-electron chi connectivity index (χ1n) is 16.4. The number of rotatable bonds is 2. The lowest BCUT2D eigenvalue weighted by Crippen LogP contribution is -1.84. The van der Waals surface area contributed by atoms with E-state index < -0.39 is 0 Å². The Morgan fingerprint density at radius 1 is 0.250 bits per heavy atom. The molecule has 2 heteroatoms. The van der Waals surface area contributed by atoms with Crippen molar-refractivity contribution >= 4 is 87.0 Å². The molecule has 0 bridgehead atoms. The van der Waals surface area contributed by atoms with Crippen LogP contribution in [0.15, 0.2) is 167 Å². The third-order valence-electron chi connectivity index (χ3n) is 10.2. The zero-order valence-electron chi connectivity index (χ0n) is 25.8. The van der Waals surface area contributed by atoms with E-state index in [0.29, 0.717) is 0 Å². The first kappa shape index (κ1) is 25.8. The lowest BCUT2D eigenvalue weighted by Gasteiger charge is -2.11. The molecular formula is C46H26O2. The minimum Gasteiger partial charge on any atom is -0.456 e. The Kier molecular flexibility index (Phi) is 5.14. The Morgan fingerprint density at radius 2 is 0.646 bits per heavy atom. The Bertz CT molecular complexity index is 2910. The standard InChI is InChI=1S/C46H26O2/c1-3-11-31-27(9-1)21-39(35-15-7-5-13-33(31)35)29-17-19-37-41-25-42-38-20-18-30(24-44(38)48-46(42)26-45(41)47-43(37)23-29)40-22-28-10-2-4-12-32(28)34-14-6-8-16-36(34)40/h1-26H. The molecule has 0 N–H and O–H groups in total. The van der Waals surface area contributed by atoms with Crippen molar-refractivity contribution in [1.82, 2.24) is 0 Å². The summed E-state index contributed by atoms with van der Waals surface area (Å²) < 4.78 is 13.1. The normalized spacial score (nSPS) is 12.2. The summed E-state index contributed by atoms with van der Waals surface area (Å²) in [4.78, 5) is 0. The molecule has 0 atom stereocenters. The number of fused-ring (bicyclic) bond motifs is 12. The fourth-order valence-corrected chi connectivity index (χ4v) is 7.97. The second kappa shape index (κ2) is 9.57. The molecule has 0 saturated carbocycles. The molecule has 0 saturated heterocycles. The van der Waals surface area contributed by atoms with E-state index >= 15 is 0 Å². The molecule has 2 aromatic heterocycles. The van der Waals surface area contributed by atoms with Gasteiger partial charge in [-0.3, -0.25) is 0 Å². The van der Waals surface area contributed by atoms with Crippen LogP contribution in [0.5, 0.6) is 0 Å². The summed E-state index contributed by atoms with van der Waals surface area (Å²) in [5.41, 5.74) is 8.13. The van der Waals surface area contributed by atoms with E-state index in [2.05, 4.69) is 158 Å². The van der Waals surface area contributed by atoms with Gasteiger partial charge < -0.3 is 8.83 Å². The van der Waals surface area contributed by atoms with Crippen molar-refractivity contribution in [2.24, 2.45) is 0 Å². The number of benzene rings is 9. The topological polar surface area (TPSA) is 26.3 Å². The van der Waals surface area contributed by atoms with Gasteiger partial charge in [0.25, 0.3) is 0 Å². The molecule has 11 aromatic rings. The molecule has 48 heavy (non-hydrogen) atoms. The molecule has 2 heterocycles. The predicted molar refractivity (Wildman–Crippen MR) is 202 cm³/mol. The molecule has 0 fully saturated rings. The van der Waals surface area contributed by atoms with Crippen LogP contribution in [0, 0.1) is 0 Å². The van der Waals surface area contributed by atoms with E-state index in [1.165, 1.54) is 54.2 Å². The van der Waals surface area contributed by atoms with Crippen molar-refractivity contribution in [1.29, 1.82) is 0 Å². The van der Waals surface area contributed by atoms with Crippen molar-refractivity contribution in [2.75, 3.05) is 0 Å². The minimum absolute atomic E-state index is 0.831. The van der Waals surface area contributed by atoms with Crippen LogP contribution in [-0.2, 0) is 0 Å². The monoisotopic (exact) mass is 610 g/mol. The van der Waals surface area contributed by atoms with Crippen LogP contribution in [0.25, 0.3) is 109 Å². The first-order chi connectivity index (χ1) is 23.8. The van der Waals surface area contributed by atoms with Gasteiger partial charge in [-0.15, -0.1) is 0 Å². The summed E-state index contributed by atoms with van der Waals surface area (Å²) in [5.74, 6) is 0. The summed E-state index contributed by atoms with van der Waals surface area (Å²) in [7, 11) is 0. The van der Waals surface area contributed by atoms with Gasteiger partial charge in [0, 0.05) is 27.6 Å². The maximum atomic E-state index is 6.54. The van der Waals surface area contributed by atoms with Gasteiger partial charge in [0.05, 0.1) is 0 Å². The van der Waals surface area contributed by atoms with Gasteiger partial charge in [0.15, 0.2) is 0 Å². The predicted octanol–water partition coefficient (Wildman–Crippen LogP) is 13.4. The van der Waals surface area contributed by atoms with Crippen LogP contribution < -0.4 is 0 Å². The van der Waals surface area contributed by atoms with E-state index in [9.17, 15) is 0 Å². The SMILES string of the molecule is c1ccc2c(c1)cc(-c1ccc3c(c1)oc1cc4oc5cc(-c6cc7ccccc7c7ccccc67)ccc5c4cc13)c1ccccc12. The maximum absolute atomic E-state index is 6.54. The fraction of sp³-hybridized carbons (Fsp3) is 0. The van der Waals surface area contributed by atoms with Gasteiger partial charge in [-0.2, -0.15) is 0 Å². The smallest absolute Gasteiger partial charge is 0.139 e. The van der Waals surface area contributed by atoms with E-state index in [1.54, 1.807) is 0 Å². The van der Waals surface area contributed by atoms with Gasteiger partial charge in [0.1, 0.15) is 22.3 Å². The Labute approximate surface area is 275 Å². The Morgan fingerprint density at radius 3 is 1.12 bits per heavy atom. The summed E-state index contributed by atoms with van der Waals surface area (Å²) in [6.45, 7) is 0. The lowest BCUT2D eigenvalue weighted by molar-refractivity contribution is 0.656. The molecule has 0 unspecified atom stereocenters. The molecule has 9 aromatic carbocycles. The number of hydrogen-bond donors (Lipinski definition) is 0. The summed E-state index contributed by atoms with van der Waals surface area (Å²) in [6.07, 6.45) is 0. The van der Waals surface area contributed by atoms with Crippen LogP contribution in [0.1, 0.15) is 0 Å². The summed E-state index contributed by atoms with van der Waals surface area (Å²) >= 11 is 0. The van der Waals surface area contributed by atoms with Crippen LogP contribution in [-0.4, -0.2) is 0 Å². The third kappa shape index (κ3) is 3.63. The highest BCUT2D eigenvalue weighted by molar-refractivity contribution is 6.18. The van der Waals surface area contributed by atoms with Crippen LogP contribution in [0.4, 0.5) is 0 Å². The van der Waals surface area contributed by atoms with Gasteiger partial charge >= 0.3 is 0 Å². The van der Waals surface area contributed by atoms with E-state index in [-0.39, 0.29) is 0 Å². The second-order valence-electron chi connectivity index (χ2n) is 12.9. The molecule has 0 spiro atoms. The molecule has 2 nitrogen and oxygen atoms in total. The molecular weight excluding hydrogens is 585 g/mol. The highest BCUT2D eigenvalue weighted by Gasteiger charge is 2.17. The average Bonchev–Trinajstić information content (AvgIpc) is 3.69. The number of hydrogen-bond acceptors (Lipinski definition) is 2. The second-order valence-corrected chi connectivity index (χ2v) is 12.9. The van der Waals surface area contributed by atoms with Crippen molar-refractivity contribution in [3.8, 4) is 22.3 Å². The molecule has 0 aliphatic rings. The zero-order valence-corrected chi connectivity index (χ0v) is 25.8. The van der Waals surface area contributed by atoms with Gasteiger partial charge in [-0.25, -0.2) is 0 Å². The van der Waals surface area contributed by atoms with E-state index in [1.807, 2.05) is 0 Å². The molecule has 11 rings (SSSR count). The molecule has 0 radical (unpaired) electrons. The highest BCUT2D eigenvalue weighted by atomic mass is 16.3. The van der Waals surface area contributed by atoms with Gasteiger partial charge in [-0.1, -0.05) is 109 Å². The van der Waals surface area contributed by atoms with Crippen LogP contribution in [0.2, 0.25) is 0 Å². The number of furan rings is 2. The van der Waals surface area contributed by atoms with Crippen molar-refractivity contribution in [3.63, 3.8) is 0 Å². The first-order valence-corrected chi connectivity index (χ1v) is 16.4. The quantitative estimate of drug-likeness (QED) is 0.182. The van der Waals surface area contributed by atoms with E-state index in [0.717, 1.165) is 55.0 Å². The zero-order chi connectivity index (χ0) is 31.3. The average molecular weight is 611 g/mol. The Balaban J connectivity index is 1.06. The molecule has 0 aliphatic heterocycles. The highest BCUT2D eigenvalue weighted by Crippen LogP contribution is 2.42. The van der Waals surface area contributed by atoms with Crippen molar-refractivity contribution in [3.05, 3.63) is 158 Å². The lowest BCUT2D eigenvalue weighted by atomic mass is 9.93. The Hall–Kier alpha value is -6.38. The summed E-state index contributed by atoms with van der Waals surface area (Å²) in [6, 6.07) is 56.7. The minimum atomic E-state index is 0.831. The van der Waals surface area contributed by atoms with Crippen molar-refractivity contribution < 1.29 is 8.83 Å². The van der Waals surface area contributed by atoms with Gasteiger partial charge in [-0.05, 0) is 108 Å². The summed E-state index contributed by atoms with van der Waals surface area (Å²) in [5, 5.41) is 14.4. The largest absolute Gasteiger partial charge is 0.456 e. The fourth-order valence-electron chi connectivity index (χ4n) is 7.97. The van der Waals surface area contributed by atoms with Crippen LogP contribution in [0.3, 0.4) is 0 Å². The third-order valence-corrected chi connectivity index (χ3v) is 10.2. The maximum Gasteiger partial charge on any atom is 0.139 e. The van der Waals surface area contributed by atoms with Crippen LogP contribution >= 0.6 is 0 Å². The molecule has 0 aliphatic carbocycles. The van der Waals surface area contributed by atoms with Gasteiger partial charge in [0.2, 0.25) is 0 Å². The van der Waals surface area contributed by atoms with Crippen molar-refractivity contribution in [2.45, 2.75) is 0 Å². The molecule has 0 amide bonds. The molecule has 222 valence electrons. The van der Waals surface area contributed by atoms with E-state index in [4.69, 9.17) is 8.83 Å².